The van der Waals surface area contributed by atoms with E-state index in [1.807, 2.05) is 0 Å². The number of carbonyl (C=O) groups is 1. The summed E-state index contributed by atoms with van der Waals surface area (Å²) in [5, 5.41) is 0. The second-order valence-electron chi connectivity index (χ2n) is 2.88. The van der Waals surface area contributed by atoms with Gasteiger partial charge in [0.05, 0.1) is 11.0 Å². The van der Waals surface area contributed by atoms with Crippen LogP contribution in [0.2, 0.25) is 0 Å². The van der Waals surface area contributed by atoms with Crippen LogP contribution in [0.15, 0.2) is 23.0 Å². The smallest absolute Gasteiger partial charge is 0.306 e. The largest absolute Gasteiger partial charge is 0.326 e. The van der Waals surface area contributed by atoms with Gasteiger partial charge in [-0.1, -0.05) is 0 Å². The Labute approximate surface area is 73.8 Å². The molecule has 1 aromatic heterocycles. The summed E-state index contributed by atoms with van der Waals surface area (Å²) in [5.41, 5.74) is 1.89. The van der Waals surface area contributed by atoms with Crippen LogP contribution in [0.5, 0.6) is 0 Å². The van der Waals surface area contributed by atoms with Crippen LogP contribution in [0, 0.1) is 0 Å². The summed E-state index contributed by atoms with van der Waals surface area (Å²) in [6.45, 7) is 0. The van der Waals surface area contributed by atoms with E-state index in [9.17, 15) is 9.59 Å². The lowest BCUT2D eigenvalue weighted by molar-refractivity contribution is 0.112. The third-order valence-electron chi connectivity index (χ3n) is 2.06. The monoisotopic (exact) mass is 176 g/mol. The predicted octanol–water partition coefficient (Wildman–Crippen LogP) is 0.679. The van der Waals surface area contributed by atoms with Crippen molar-refractivity contribution >= 4 is 17.3 Å². The molecule has 2 rings (SSSR count). The molecule has 0 fully saturated rings. The van der Waals surface area contributed by atoms with E-state index in [1.165, 1.54) is 4.57 Å². The van der Waals surface area contributed by atoms with Crippen molar-refractivity contribution < 1.29 is 4.79 Å². The zero-order valence-electron chi connectivity index (χ0n) is 7.07. The molecule has 1 N–H and O–H groups in total. The number of nitrogens with one attached hydrogen (secondary N) is 1. The number of benzene rings is 1. The van der Waals surface area contributed by atoms with Gasteiger partial charge in [-0.25, -0.2) is 4.79 Å². The molecule has 0 aliphatic rings. The fraction of sp³-hybridized carbons (Fsp3) is 0.111. The zero-order chi connectivity index (χ0) is 9.42. The molecule has 4 nitrogen and oxygen atoms in total. The van der Waals surface area contributed by atoms with Gasteiger partial charge in [0.2, 0.25) is 0 Å². The second kappa shape index (κ2) is 2.58. The quantitative estimate of drug-likeness (QED) is 0.649. The highest BCUT2D eigenvalue weighted by Crippen LogP contribution is 2.10. The number of aldehydes is 1. The Morgan fingerprint density at radius 3 is 2.92 bits per heavy atom. The first kappa shape index (κ1) is 7.79. The predicted molar refractivity (Wildman–Crippen MR) is 48.9 cm³/mol. The maximum absolute atomic E-state index is 11.2. The van der Waals surface area contributed by atoms with Gasteiger partial charge in [-0.2, -0.15) is 0 Å². The topological polar surface area (TPSA) is 54.9 Å². The highest BCUT2D eigenvalue weighted by molar-refractivity contribution is 5.84. The van der Waals surface area contributed by atoms with Gasteiger partial charge in [0.15, 0.2) is 0 Å². The van der Waals surface area contributed by atoms with Crippen molar-refractivity contribution in [2.75, 3.05) is 0 Å². The molecule has 0 radical (unpaired) electrons. The first-order chi connectivity index (χ1) is 6.22. The van der Waals surface area contributed by atoms with E-state index in [-0.39, 0.29) is 5.69 Å². The molecule has 13 heavy (non-hydrogen) atoms. The number of H-pyrrole nitrogens is 1. The molecule has 0 aliphatic carbocycles. The lowest BCUT2D eigenvalue weighted by atomic mass is 10.2. The third-order valence-corrected chi connectivity index (χ3v) is 2.06. The normalized spacial score (nSPS) is 10.5. The molecule has 0 spiro atoms. The van der Waals surface area contributed by atoms with Gasteiger partial charge < -0.3 is 4.98 Å². The maximum Gasteiger partial charge on any atom is 0.326 e. The highest BCUT2D eigenvalue weighted by Gasteiger charge is 2.02. The number of hydrogen-bond acceptors (Lipinski definition) is 2. The lowest BCUT2D eigenvalue weighted by Crippen LogP contribution is -2.11. The van der Waals surface area contributed by atoms with Crippen molar-refractivity contribution in [1.82, 2.24) is 9.55 Å². The average Bonchev–Trinajstić information content (AvgIpc) is 2.42. The molecule has 0 unspecified atom stereocenters. The molecule has 66 valence electrons. The summed E-state index contributed by atoms with van der Waals surface area (Å²) < 4.78 is 1.50. The number of aromatic nitrogens is 2. The van der Waals surface area contributed by atoms with Gasteiger partial charge in [-0.3, -0.25) is 9.36 Å². The molecule has 1 aromatic carbocycles. The molecule has 4 heteroatoms. The SMILES string of the molecule is Cn1c(=O)[nH]c2cc(C=O)ccc21. The van der Waals surface area contributed by atoms with Crippen LogP contribution < -0.4 is 5.69 Å². The van der Waals surface area contributed by atoms with E-state index in [4.69, 9.17) is 0 Å². The summed E-state index contributed by atoms with van der Waals surface area (Å²) in [6.07, 6.45) is 0.755. The second-order valence-corrected chi connectivity index (χ2v) is 2.88. The molecule has 1 heterocycles. The Balaban J connectivity index is 2.87. The fourth-order valence-corrected chi connectivity index (χ4v) is 1.33. The molecule has 2 aromatic rings. The van der Waals surface area contributed by atoms with Crippen LogP contribution in [0.3, 0.4) is 0 Å². The minimum atomic E-state index is -0.168. The van der Waals surface area contributed by atoms with Crippen molar-refractivity contribution in [2.24, 2.45) is 7.05 Å². The van der Waals surface area contributed by atoms with Gasteiger partial charge in [-0.15, -0.1) is 0 Å². The number of fused-ring (bicyclic) bond motifs is 1. The van der Waals surface area contributed by atoms with E-state index in [0.29, 0.717) is 11.1 Å². The van der Waals surface area contributed by atoms with Gasteiger partial charge in [0, 0.05) is 12.6 Å². The number of aromatic amines is 1. The maximum atomic E-state index is 11.2. The minimum Gasteiger partial charge on any atom is -0.306 e. The van der Waals surface area contributed by atoms with Crippen molar-refractivity contribution in [3.8, 4) is 0 Å². The van der Waals surface area contributed by atoms with Crippen LogP contribution in [0.4, 0.5) is 0 Å². The van der Waals surface area contributed by atoms with Crippen LogP contribution in [0.1, 0.15) is 10.4 Å². The van der Waals surface area contributed by atoms with E-state index in [1.54, 1.807) is 25.2 Å². The summed E-state index contributed by atoms with van der Waals surface area (Å²) in [7, 11) is 1.68. The van der Waals surface area contributed by atoms with Gasteiger partial charge in [0.1, 0.15) is 6.29 Å². The molecule has 0 aliphatic heterocycles. The molecule has 0 saturated carbocycles. The van der Waals surface area contributed by atoms with Crippen LogP contribution in [0.25, 0.3) is 11.0 Å². The van der Waals surface area contributed by atoms with E-state index >= 15 is 0 Å². The highest BCUT2D eigenvalue weighted by atomic mass is 16.1. The molecular weight excluding hydrogens is 168 g/mol. The van der Waals surface area contributed by atoms with Crippen molar-refractivity contribution in [3.63, 3.8) is 0 Å². The summed E-state index contributed by atoms with van der Waals surface area (Å²) >= 11 is 0. The van der Waals surface area contributed by atoms with E-state index < -0.39 is 0 Å². The molecule has 0 amide bonds. The van der Waals surface area contributed by atoms with Crippen LogP contribution in [-0.4, -0.2) is 15.8 Å². The Morgan fingerprint density at radius 2 is 2.23 bits per heavy atom. The molecular formula is C9H8N2O2. The van der Waals surface area contributed by atoms with Crippen LogP contribution in [-0.2, 0) is 7.05 Å². The number of nitrogens with zero attached hydrogens (tertiary/aromatic N) is 1. The van der Waals surface area contributed by atoms with Crippen molar-refractivity contribution in [1.29, 1.82) is 0 Å². The first-order valence-corrected chi connectivity index (χ1v) is 3.86. The summed E-state index contributed by atoms with van der Waals surface area (Å²) in [5.74, 6) is 0. The Bertz CT molecular complexity index is 522. The van der Waals surface area contributed by atoms with Gasteiger partial charge in [-0.05, 0) is 18.2 Å². The van der Waals surface area contributed by atoms with E-state index in [2.05, 4.69) is 4.98 Å². The lowest BCUT2D eigenvalue weighted by Gasteiger charge is -1.93. The van der Waals surface area contributed by atoms with Gasteiger partial charge in [0.25, 0.3) is 0 Å². The number of hydrogen-bond donors (Lipinski definition) is 1. The van der Waals surface area contributed by atoms with Crippen molar-refractivity contribution in [3.05, 3.63) is 34.2 Å². The third kappa shape index (κ3) is 1.07. The van der Waals surface area contributed by atoms with Crippen LogP contribution >= 0.6 is 0 Å². The first-order valence-electron chi connectivity index (χ1n) is 3.86. The minimum absolute atomic E-state index is 0.168. The molecule has 0 bridgehead atoms. The fourth-order valence-electron chi connectivity index (χ4n) is 1.33. The standard InChI is InChI=1S/C9H8N2O2/c1-11-8-3-2-6(5-12)4-7(8)10-9(11)13/h2-5H,1H3,(H,10,13). The van der Waals surface area contributed by atoms with Gasteiger partial charge >= 0.3 is 5.69 Å². The number of carbonyl (C=O) groups excluding carboxylic acids is 1. The number of imidazole rings is 1. The Morgan fingerprint density at radius 1 is 1.46 bits per heavy atom. The molecule has 0 atom stereocenters. The summed E-state index contributed by atoms with van der Waals surface area (Å²) in [6, 6.07) is 5.09. The molecule has 0 saturated heterocycles. The number of rotatable bonds is 1. The summed E-state index contributed by atoms with van der Waals surface area (Å²) in [4.78, 5) is 24.3. The van der Waals surface area contributed by atoms with E-state index in [0.717, 1.165) is 11.8 Å². The zero-order valence-corrected chi connectivity index (χ0v) is 7.07. The Hall–Kier alpha value is -1.84. The van der Waals surface area contributed by atoms with Crippen molar-refractivity contribution in [2.45, 2.75) is 0 Å². The number of aryl methyl sites for hydroxylation is 1. The Kier molecular flexibility index (Phi) is 1.55. The average molecular weight is 176 g/mol.